The van der Waals surface area contributed by atoms with E-state index in [-0.39, 0.29) is 24.8 Å². The van der Waals surface area contributed by atoms with E-state index in [1.54, 1.807) is 32.6 Å². The highest BCUT2D eigenvalue weighted by molar-refractivity contribution is 5.90. The second-order valence-corrected chi connectivity index (χ2v) is 12.6. The summed E-state index contributed by atoms with van der Waals surface area (Å²) >= 11 is 0. The summed E-state index contributed by atoms with van der Waals surface area (Å²) in [5.74, 6) is -0.403. The van der Waals surface area contributed by atoms with Crippen LogP contribution in [0.1, 0.15) is 35.1 Å². The first kappa shape index (κ1) is 33.8. The molecule has 7 N–H and O–H groups in total. The van der Waals surface area contributed by atoms with Gasteiger partial charge < -0.3 is 59.3 Å². The first-order chi connectivity index (χ1) is 24.1. The van der Waals surface area contributed by atoms with Crippen LogP contribution in [0.4, 0.5) is 0 Å². The molecule has 1 fully saturated rings. The normalized spacial score (nSPS) is 29.2. The molecule has 5 aliphatic heterocycles. The second kappa shape index (κ2) is 13.5. The molecule has 16 nitrogen and oxygen atoms in total. The van der Waals surface area contributed by atoms with Crippen LogP contribution in [0.25, 0.3) is 0 Å². The Morgan fingerprint density at radius 1 is 1.12 bits per heavy atom. The van der Waals surface area contributed by atoms with Crippen LogP contribution in [-0.4, -0.2) is 109 Å². The van der Waals surface area contributed by atoms with Gasteiger partial charge in [-0.15, -0.1) is 0 Å². The van der Waals surface area contributed by atoms with Crippen molar-refractivity contribution < 1.29 is 68.1 Å². The number of nitrogens with one attached hydrogen (secondary N) is 1. The highest BCUT2D eigenvalue weighted by atomic mass is 16.7. The number of hydrogen-bond donors (Lipinski definition) is 6. The SMILES string of the molecule is COc1ccc2c(c1OC)O[C@H]1c3c(C[NH+]4C=C5N=CC=C5C4)cc(O[C@@H]4O[C@H]([C@H](CN)OC(=O)CC(=O)O)[C@@H](O)[C@H](O)[C@H]4O)cc3OC[C@@H]21. The number of carboxylic acids is 1. The highest BCUT2D eigenvalue weighted by Crippen LogP contribution is 2.57. The summed E-state index contributed by atoms with van der Waals surface area (Å²) in [6, 6.07) is 7.19. The van der Waals surface area contributed by atoms with E-state index in [0.29, 0.717) is 36.1 Å². The highest BCUT2D eigenvalue weighted by Gasteiger charge is 2.49. The van der Waals surface area contributed by atoms with Crippen molar-refractivity contribution in [1.29, 1.82) is 0 Å². The zero-order chi connectivity index (χ0) is 35.3. The van der Waals surface area contributed by atoms with E-state index >= 15 is 0 Å². The van der Waals surface area contributed by atoms with Crippen molar-refractivity contribution in [2.24, 2.45) is 10.7 Å². The summed E-state index contributed by atoms with van der Waals surface area (Å²) in [5.41, 5.74) is 10.3. The van der Waals surface area contributed by atoms with Gasteiger partial charge in [0, 0.05) is 41.1 Å². The standard InChI is InChI=1S/C34H37N3O13/c1-44-21-4-3-18-19-14-46-22-8-17(47-34-29(43)27(41)28(42)32(50-34)23(10-35)48-25(40)9-24(38)39)7-16(12-37-11-15-5-6-36-20(15)13-37)26(22)30(19)49-31(18)33(21)45-2/h3-8,13,19,23,27-30,32,34,41-43H,9-12,14,35H2,1-2H3,(H,38,39)/p+1/t19-,23-,27-,28-,29+,30+,32+,34+/m0/s1. The number of quaternary nitrogens is 1. The van der Waals surface area contributed by atoms with E-state index in [0.717, 1.165) is 32.9 Å². The van der Waals surface area contributed by atoms with Gasteiger partial charge in [0.15, 0.2) is 11.5 Å². The molecule has 5 aliphatic rings. The number of hydrogen-bond acceptors (Lipinski definition) is 14. The van der Waals surface area contributed by atoms with E-state index in [2.05, 4.69) is 4.99 Å². The zero-order valence-corrected chi connectivity index (χ0v) is 27.2. The van der Waals surface area contributed by atoms with Gasteiger partial charge in [0.2, 0.25) is 12.0 Å². The van der Waals surface area contributed by atoms with Crippen molar-refractivity contribution >= 4 is 18.2 Å². The summed E-state index contributed by atoms with van der Waals surface area (Å²) in [7, 11) is 3.11. The fraction of sp³-hybridized carbons (Fsp3) is 0.441. The van der Waals surface area contributed by atoms with Crippen molar-refractivity contribution in [2.75, 3.05) is 33.9 Å². The summed E-state index contributed by atoms with van der Waals surface area (Å²) in [6.45, 7) is 1.08. The lowest BCUT2D eigenvalue weighted by Crippen LogP contribution is -3.04. The third-order valence-electron chi connectivity index (χ3n) is 9.47. The number of ether oxygens (including phenoxy) is 7. The largest absolute Gasteiger partial charge is 0.493 e. The number of fused-ring (bicyclic) bond motifs is 6. The van der Waals surface area contributed by atoms with Crippen LogP contribution in [0.2, 0.25) is 0 Å². The number of aliphatic hydroxyl groups is 3. The fourth-order valence-electron chi connectivity index (χ4n) is 7.13. The number of carboxylic acid groups (broad SMARTS) is 1. The van der Waals surface area contributed by atoms with Crippen molar-refractivity contribution in [3.8, 4) is 28.7 Å². The van der Waals surface area contributed by atoms with Crippen LogP contribution in [-0.2, 0) is 25.6 Å². The smallest absolute Gasteiger partial charge is 0.317 e. The van der Waals surface area contributed by atoms with Crippen LogP contribution < -0.4 is 34.3 Å². The molecule has 50 heavy (non-hydrogen) atoms. The Bertz CT molecular complexity index is 1780. The predicted octanol–water partition coefficient (Wildman–Crippen LogP) is -0.904. The van der Waals surface area contributed by atoms with Crippen molar-refractivity contribution in [1.82, 2.24) is 0 Å². The van der Waals surface area contributed by atoms with E-state index < -0.39 is 61.3 Å². The molecule has 0 radical (unpaired) electrons. The Morgan fingerprint density at radius 3 is 2.66 bits per heavy atom. The third kappa shape index (κ3) is 6.03. The number of methoxy groups -OCH3 is 2. The number of aliphatic carboxylic acids is 1. The Labute approximate surface area is 285 Å². The van der Waals surface area contributed by atoms with Crippen LogP contribution >= 0.6 is 0 Å². The lowest BCUT2D eigenvalue weighted by atomic mass is 9.86. The van der Waals surface area contributed by atoms with E-state index in [1.165, 1.54) is 0 Å². The van der Waals surface area contributed by atoms with E-state index in [9.17, 15) is 24.9 Å². The number of esters is 1. The second-order valence-electron chi connectivity index (χ2n) is 12.6. The van der Waals surface area contributed by atoms with Gasteiger partial charge in [-0.25, -0.2) is 0 Å². The van der Waals surface area contributed by atoms with Gasteiger partial charge in [-0.05, 0) is 18.2 Å². The molecule has 5 heterocycles. The number of aliphatic imine (C=N–C) groups is 1. The summed E-state index contributed by atoms with van der Waals surface area (Å²) in [6.07, 6.45) is -5.21. The summed E-state index contributed by atoms with van der Waals surface area (Å²) in [5, 5.41) is 41.3. The Morgan fingerprint density at radius 2 is 1.94 bits per heavy atom. The molecule has 1 unspecified atom stereocenters. The number of allylic oxidation sites excluding steroid dienone is 1. The van der Waals surface area contributed by atoms with Gasteiger partial charge in [-0.1, -0.05) is 6.07 Å². The maximum atomic E-state index is 12.1. The minimum absolute atomic E-state index is 0.153. The maximum Gasteiger partial charge on any atom is 0.317 e. The van der Waals surface area contributed by atoms with Gasteiger partial charge in [-0.3, -0.25) is 19.5 Å². The minimum atomic E-state index is -1.79. The lowest BCUT2D eigenvalue weighted by molar-refractivity contribution is -0.851. The molecular formula is C34H38N3O13+. The molecule has 7 rings (SSSR count). The molecule has 0 amide bonds. The van der Waals surface area contributed by atoms with Crippen LogP contribution in [0.3, 0.4) is 0 Å². The molecule has 0 aliphatic carbocycles. The average molecular weight is 697 g/mol. The van der Waals surface area contributed by atoms with Gasteiger partial charge in [-0.2, -0.15) is 0 Å². The molecule has 1 saturated heterocycles. The van der Waals surface area contributed by atoms with Gasteiger partial charge in [0.05, 0.1) is 26.7 Å². The molecule has 16 heteroatoms. The quantitative estimate of drug-likeness (QED) is 0.124. The monoisotopic (exact) mass is 696 g/mol. The number of aliphatic hydroxyl groups excluding tert-OH is 3. The number of nitrogens with zero attached hydrogens (tertiary/aromatic N) is 1. The van der Waals surface area contributed by atoms with Crippen molar-refractivity contribution in [3.63, 3.8) is 0 Å². The van der Waals surface area contributed by atoms with Gasteiger partial charge in [0.1, 0.15) is 79.5 Å². The fourth-order valence-corrected chi connectivity index (χ4v) is 7.13. The first-order valence-electron chi connectivity index (χ1n) is 16.1. The Balaban J connectivity index is 1.20. The number of rotatable bonds is 11. The van der Waals surface area contributed by atoms with Gasteiger partial charge >= 0.3 is 11.9 Å². The molecule has 0 saturated carbocycles. The van der Waals surface area contributed by atoms with Crippen LogP contribution in [0.5, 0.6) is 28.7 Å². The molecule has 2 aromatic carbocycles. The topological polar surface area (TPSA) is 222 Å². The minimum Gasteiger partial charge on any atom is -0.493 e. The predicted molar refractivity (Wildman–Crippen MR) is 170 cm³/mol. The number of carbonyl (C=O) groups excluding carboxylic acids is 1. The summed E-state index contributed by atoms with van der Waals surface area (Å²) in [4.78, 5) is 28.6. The first-order valence-corrected chi connectivity index (χ1v) is 16.1. The molecule has 9 atom stereocenters. The number of carbonyl (C=O) groups is 2. The number of benzene rings is 2. The molecule has 0 spiro atoms. The number of nitrogens with two attached hydrogens (primary N) is 1. The Hall–Kier alpha value is -4.71. The third-order valence-corrected chi connectivity index (χ3v) is 9.47. The van der Waals surface area contributed by atoms with Gasteiger partial charge in [0.25, 0.3) is 0 Å². The molecule has 266 valence electrons. The lowest BCUT2D eigenvalue weighted by Gasteiger charge is -2.42. The van der Waals surface area contributed by atoms with Crippen LogP contribution in [0, 0.1) is 0 Å². The summed E-state index contributed by atoms with van der Waals surface area (Å²) < 4.78 is 41.3. The van der Waals surface area contributed by atoms with Crippen molar-refractivity contribution in [3.05, 3.63) is 64.5 Å². The van der Waals surface area contributed by atoms with Crippen molar-refractivity contribution in [2.45, 2.75) is 61.8 Å². The zero-order valence-electron chi connectivity index (χ0n) is 27.2. The molecule has 2 aromatic rings. The van der Waals surface area contributed by atoms with E-state index in [1.807, 2.05) is 24.4 Å². The average Bonchev–Trinajstić information content (AvgIpc) is 3.80. The molecular weight excluding hydrogens is 658 g/mol. The molecule has 0 aromatic heterocycles. The Kier molecular flexibility index (Phi) is 9.15. The molecule has 0 bridgehead atoms. The van der Waals surface area contributed by atoms with Crippen LogP contribution in [0.15, 0.2) is 52.8 Å². The van der Waals surface area contributed by atoms with E-state index in [4.69, 9.17) is 44.0 Å². The maximum absolute atomic E-state index is 12.1.